The second-order valence-corrected chi connectivity index (χ2v) is 13.1. The predicted molar refractivity (Wildman–Crippen MR) is 140 cm³/mol. The number of phosphoric ester groups is 2. The number of ether oxygens (including phenoxy) is 1. The Bertz CT molecular complexity index is 1880. The predicted octanol–water partition coefficient (Wildman–Crippen LogP) is 0.509. The molecular formula is C21H24FN9O10P2. The Balaban J connectivity index is 1.19. The number of hydrogen-bond donors (Lipinski definition) is 3. The summed E-state index contributed by atoms with van der Waals surface area (Å²) in [6.45, 7) is -0.772. The topological polar surface area (TPSA) is 243 Å². The minimum Gasteiger partial charge on any atom is -0.382 e. The van der Waals surface area contributed by atoms with Crippen molar-refractivity contribution in [2.45, 2.75) is 55.7 Å². The third kappa shape index (κ3) is 4.98. The molecule has 1 saturated carbocycles. The van der Waals surface area contributed by atoms with Crippen LogP contribution in [-0.2, 0) is 39.0 Å². The number of alkyl halides is 1. The molecule has 2 saturated heterocycles. The summed E-state index contributed by atoms with van der Waals surface area (Å²) in [6, 6.07) is -0.822. The van der Waals surface area contributed by atoms with Crippen LogP contribution in [0.1, 0.15) is 25.1 Å². The van der Waals surface area contributed by atoms with E-state index in [1.165, 1.54) is 39.7 Å². The molecule has 2 bridgehead atoms. The van der Waals surface area contributed by atoms with Crippen molar-refractivity contribution in [3.05, 3.63) is 35.7 Å². The highest BCUT2D eigenvalue weighted by molar-refractivity contribution is 7.47. The molecule has 0 aromatic carbocycles. The van der Waals surface area contributed by atoms with Crippen molar-refractivity contribution in [2.24, 2.45) is 7.05 Å². The molecule has 3 fully saturated rings. The molecule has 0 amide bonds. The van der Waals surface area contributed by atoms with Gasteiger partial charge in [0.1, 0.15) is 24.1 Å². The summed E-state index contributed by atoms with van der Waals surface area (Å²) < 4.78 is 73.2. The van der Waals surface area contributed by atoms with Crippen LogP contribution in [0.25, 0.3) is 22.3 Å². The van der Waals surface area contributed by atoms with E-state index in [0.717, 1.165) is 6.33 Å². The Labute approximate surface area is 239 Å². The van der Waals surface area contributed by atoms with Crippen LogP contribution < -0.4 is 11.3 Å². The number of imidazole rings is 2. The van der Waals surface area contributed by atoms with Crippen molar-refractivity contribution in [3.63, 3.8) is 0 Å². The van der Waals surface area contributed by atoms with E-state index in [1.807, 2.05) is 0 Å². The summed E-state index contributed by atoms with van der Waals surface area (Å²) in [6.07, 6.45) is -4.35. The molecule has 19 nitrogen and oxygen atoms in total. The van der Waals surface area contributed by atoms with E-state index in [9.17, 15) is 23.7 Å². The van der Waals surface area contributed by atoms with Gasteiger partial charge in [-0.25, -0.2) is 38.4 Å². The van der Waals surface area contributed by atoms with Gasteiger partial charge in [-0.15, -0.1) is 0 Å². The number of rotatable bonds is 2. The van der Waals surface area contributed by atoms with Gasteiger partial charge < -0.3 is 29.4 Å². The number of nitrogens with zero attached hydrogens (tertiary/aromatic N) is 8. The van der Waals surface area contributed by atoms with Gasteiger partial charge in [0.25, 0.3) is 5.56 Å². The summed E-state index contributed by atoms with van der Waals surface area (Å²) >= 11 is 0. The highest BCUT2D eigenvalue weighted by Gasteiger charge is 2.53. The molecule has 0 radical (unpaired) electrons. The molecule has 4 aromatic rings. The van der Waals surface area contributed by atoms with E-state index in [0.29, 0.717) is 0 Å². The fourth-order valence-corrected chi connectivity index (χ4v) is 7.76. The van der Waals surface area contributed by atoms with E-state index in [1.54, 1.807) is 0 Å². The fourth-order valence-electron chi connectivity index (χ4n) is 5.63. The van der Waals surface area contributed by atoms with Crippen molar-refractivity contribution >= 4 is 43.8 Å². The zero-order valence-corrected chi connectivity index (χ0v) is 23.8. The summed E-state index contributed by atoms with van der Waals surface area (Å²) in [5.41, 5.74) is 5.87. The van der Waals surface area contributed by atoms with Gasteiger partial charge in [0, 0.05) is 13.5 Å². The van der Waals surface area contributed by atoms with Gasteiger partial charge in [-0.2, -0.15) is 0 Å². The Kier molecular flexibility index (Phi) is 6.77. The van der Waals surface area contributed by atoms with E-state index in [2.05, 4.69) is 24.9 Å². The molecule has 230 valence electrons. The quantitative estimate of drug-likeness (QED) is 0.252. The summed E-state index contributed by atoms with van der Waals surface area (Å²) in [5.74, 6) is 0.0326. The number of fused-ring (bicyclic) bond motifs is 5. The third-order valence-corrected chi connectivity index (χ3v) is 9.65. The smallest absolute Gasteiger partial charge is 0.382 e. The van der Waals surface area contributed by atoms with Crippen molar-refractivity contribution in [1.29, 1.82) is 0 Å². The lowest BCUT2D eigenvalue weighted by Crippen LogP contribution is -2.34. The average Bonchev–Trinajstić information content (AvgIpc) is 3.70. The number of nitrogen functional groups attached to an aromatic ring is 1. The standard InChI is InChI=1S/C21H24FN9O10P2/c1-29-6-28-19-15(20(29)32)27-7-30(19)10-2-9-3-11(10)40-42(33,34)37-4-12-16(41-43(35,36)39-9)13(22)21(38-12)31-8-26-14-17(23)24-5-25-18(14)31/h5-13,16,21H,2-4H2,1H3,(H,33,34)(H,35,36)(H2,23,24,25)/t9-,10+,11+,12+,13+,16+,21+/m0/s1. The number of phosphoric acid groups is 2. The first kappa shape index (κ1) is 28.6. The molecule has 3 aliphatic rings. The maximum Gasteiger partial charge on any atom is 0.472 e. The average molecular weight is 643 g/mol. The van der Waals surface area contributed by atoms with Gasteiger partial charge >= 0.3 is 15.6 Å². The first-order valence-corrected chi connectivity index (χ1v) is 15.9. The van der Waals surface area contributed by atoms with Gasteiger partial charge in [0.05, 0.1) is 43.8 Å². The molecule has 4 N–H and O–H groups in total. The first-order chi connectivity index (χ1) is 20.4. The Morgan fingerprint density at radius 1 is 0.930 bits per heavy atom. The third-order valence-electron chi connectivity index (χ3n) is 7.57. The lowest BCUT2D eigenvalue weighted by molar-refractivity contribution is -0.0509. The fraction of sp³-hybridized carbons (Fsp3) is 0.524. The van der Waals surface area contributed by atoms with Gasteiger partial charge in [-0.3, -0.25) is 27.5 Å². The van der Waals surface area contributed by atoms with Crippen LogP contribution in [0.2, 0.25) is 0 Å². The molecule has 2 unspecified atom stereocenters. The molecule has 4 aromatic heterocycles. The van der Waals surface area contributed by atoms with Crippen molar-refractivity contribution < 1.29 is 46.1 Å². The van der Waals surface area contributed by atoms with Gasteiger partial charge in [0.2, 0.25) is 0 Å². The largest absolute Gasteiger partial charge is 0.472 e. The normalized spacial score (nSPS) is 36.9. The van der Waals surface area contributed by atoms with E-state index in [-0.39, 0.29) is 41.0 Å². The number of halogens is 1. The summed E-state index contributed by atoms with van der Waals surface area (Å²) in [7, 11) is -8.32. The monoisotopic (exact) mass is 643 g/mol. The van der Waals surface area contributed by atoms with E-state index >= 15 is 4.39 Å². The van der Waals surface area contributed by atoms with Crippen LogP contribution in [0, 0.1) is 0 Å². The highest BCUT2D eigenvalue weighted by Crippen LogP contribution is 2.56. The van der Waals surface area contributed by atoms with Crippen molar-refractivity contribution in [3.8, 4) is 0 Å². The van der Waals surface area contributed by atoms with Gasteiger partial charge in [0.15, 0.2) is 35.0 Å². The zero-order chi connectivity index (χ0) is 30.3. The summed E-state index contributed by atoms with van der Waals surface area (Å²) in [5, 5.41) is 0. The Morgan fingerprint density at radius 3 is 2.49 bits per heavy atom. The van der Waals surface area contributed by atoms with Crippen LogP contribution >= 0.6 is 15.6 Å². The lowest BCUT2D eigenvalue weighted by atomic mass is 10.1. The van der Waals surface area contributed by atoms with Crippen LogP contribution in [0.5, 0.6) is 0 Å². The van der Waals surface area contributed by atoms with E-state index in [4.69, 9.17) is 28.6 Å². The molecular weight excluding hydrogens is 619 g/mol. The van der Waals surface area contributed by atoms with Crippen molar-refractivity contribution in [2.75, 3.05) is 12.3 Å². The van der Waals surface area contributed by atoms with Gasteiger partial charge in [-0.05, 0) is 6.42 Å². The maximum atomic E-state index is 15.9. The number of nitrogens with two attached hydrogens (primary N) is 1. The van der Waals surface area contributed by atoms with Crippen LogP contribution in [0.4, 0.5) is 10.2 Å². The molecule has 6 heterocycles. The van der Waals surface area contributed by atoms with E-state index < -0.39 is 70.7 Å². The molecule has 22 heteroatoms. The maximum absolute atomic E-state index is 15.9. The number of anilines is 1. The van der Waals surface area contributed by atoms with Crippen LogP contribution in [0.15, 0.2) is 30.1 Å². The van der Waals surface area contributed by atoms with Gasteiger partial charge in [-0.1, -0.05) is 0 Å². The highest BCUT2D eigenvalue weighted by atomic mass is 31.2. The minimum absolute atomic E-state index is 0.0326. The zero-order valence-electron chi connectivity index (χ0n) is 22.1. The molecule has 1 aliphatic carbocycles. The molecule has 43 heavy (non-hydrogen) atoms. The summed E-state index contributed by atoms with van der Waals surface area (Å²) in [4.78, 5) is 54.1. The molecule has 0 spiro atoms. The number of hydrogen-bond acceptors (Lipinski definition) is 14. The van der Waals surface area contributed by atoms with Crippen LogP contribution in [0.3, 0.4) is 0 Å². The second kappa shape index (κ2) is 10.2. The Hall–Kier alpha value is -3.19. The SMILES string of the molecule is Cn1cnc2c(ncn2[C@@H]2C[C@H]3C[C@H]2OP(=O)(O)OC[C@H]2O[C@@H](n4cnc5c(N)ncnc54)[C@H](F)[C@@H]2OP(=O)(O)O3)c1=O. The van der Waals surface area contributed by atoms with Crippen molar-refractivity contribution in [1.82, 2.24) is 38.6 Å². The number of aryl methyl sites for hydroxylation is 1. The minimum atomic E-state index is -4.98. The lowest BCUT2D eigenvalue weighted by Gasteiger charge is -2.26. The molecule has 7 rings (SSSR count). The molecule has 9 atom stereocenters. The van der Waals surface area contributed by atoms with Crippen LogP contribution in [-0.4, -0.2) is 85.6 Å². The number of aromatic nitrogens is 8. The Morgan fingerprint density at radius 2 is 1.67 bits per heavy atom. The first-order valence-electron chi connectivity index (χ1n) is 12.9. The molecule has 2 aliphatic heterocycles. The second-order valence-electron chi connectivity index (χ2n) is 10.3.